The molecule has 0 N–H and O–H groups in total. The second kappa shape index (κ2) is 9.76. The normalized spacial score (nSPS) is 11.0. The first kappa shape index (κ1) is 18.1. The molecule has 0 fully saturated rings. The SMILES string of the molecule is CCCCCCOc1ccc(/C=C/c2cc[n+](C)cc2)cc1OC. The molecule has 0 saturated heterocycles. The summed E-state index contributed by atoms with van der Waals surface area (Å²) in [6.45, 7) is 2.96. The number of aryl methyl sites for hydroxylation is 1. The van der Waals surface area contributed by atoms with Crippen LogP contribution in [-0.2, 0) is 7.05 Å². The second-order valence-electron chi connectivity index (χ2n) is 5.95. The van der Waals surface area contributed by atoms with Crippen molar-refractivity contribution in [2.75, 3.05) is 13.7 Å². The molecular formula is C21H28NO2+. The lowest BCUT2D eigenvalue weighted by Crippen LogP contribution is -2.25. The van der Waals surface area contributed by atoms with Crippen LogP contribution >= 0.6 is 0 Å². The monoisotopic (exact) mass is 326 g/mol. The number of pyridine rings is 1. The summed E-state index contributed by atoms with van der Waals surface area (Å²) in [7, 11) is 3.70. The van der Waals surface area contributed by atoms with Gasteiger partial charge in [0.15, 0.2) is 23.9 Å². The molecule has 3 nitrogen and oxygen atoms in total. The van der Waals surface area contributed by atoms with E-state index < -0.39 is 0 Å². The third kappa shape index (κ3) is 5.73. The van der Waals surface area contributed by atoms with E-state index in [0.717, 1.165) is 30.1 Å². The fraction of sp³-hybridized carbons (Fsp3) is 0.381. The molecule has 0 amide bonds. The van der Waals surface area contributed by atoms with E-state index in [1.165, 1.54) is 24.8 Å². The molecule has 0 radical (unpaired) electrons. The first-order valence-electron chi connectivity index (χ1n) is 8.67. The number of methoxy groups -OCH3 is 1. The number of nitrogens with zero attached hydrogens (tertiary/aromatic N) is 1. The van der Waals surface area contributed by atoms with Crippen LogP contribution < -0.4 is 14.0 Å². The van der Waals surface area contributed by atoms with E-state index in [9.17, 15) is 0 Å². The maximum atomic E-state index is 5.85. The van der Waals surface area contributed by atoms with Crippen LogP contribution in [0.3, 0.4) is 0 Å². The molecular weight excluding hydrogens is 298 g/mol. The molecule has 0 atom stereocenters. The van der Waals surface area contributed by atoms with Crippen LogP contribution in [0, 0.1) is 0 Å². The fourth-order valence-corrected chi connectivity index (χ4v) is 2.43. The number of benzene rings is 1. The standard InChI is InChI=1S/C21H28NO2/c1-4-5-6-7-16-24-20-11-10-19(17-21(20)23-3)9-8-18-12-14-22(2)15-13-18/h8-15,17H,4-7,16H2,1-3H3/q+1/b9-8+. The van der Waals surface area contributed by atoms with E-state index in [4.69, 9.17) is 9.47 Å². The lowest BCUT2D eigenvalue weighted by Gasteiger charge is -2.11. The van der Waals surface area contributed by atoms with Crippen molar-refractivity contribution in [2.24, 2.45) is 7.05 Å². The Labute approximate surface area is 145 Å². The summed E-state index contributed by atoms with van der Waals surface area (Å²) in [5.41, 5.74) is 2.27. The topological polar surface area (TPSA) is 22.3 Å². The molecule has 0 saturated carbocycles. The Morgan fingerprint density at radius 1 is 0.917 bits per heavy atom. The number of unbranched alkanes of at least 4 members (excludes halogenated alkanes) is 3. The van der Waals surface area contributed by atoms with Crippen molar-refractivity contribution in [3.63, 3.8) is 0 Å². The van der Waals surface area contributed by atoms with Gasteiger partial charge in [0.25, 0.3) is 0 Å². The van der Waals surface area contributed by atoms with Crippen LogP contribution in [0.5, 0.6) is 11.5 Å². The van der Waals surface area contributed by atoms with Crippen LogP contribution in [0.1, 0.15) is 43.7 Å². The number of aromatic nitrogens is 1. The van der Waals surface area contributed by atoms with Gasteiger partial charge in [-0.15, -0.1) is 0 Å². The number of hydrogen-bond acceptors (Lipinski definition) is 2. The molecule has 0 aliphatic rings. The Balaban J connectivity index is 1.98. The molecule has 2 aromatic rings. The van der Waals surface area contributed by atoms with Gasteiger partial charge in [-0.05, 0) is 29.7 Å². The molecule has 0 aliphatic heterocycles. The number of rotatable bonds is 9. The predicted molar refractivity (Wildman–Crippen MR) is 99.2 cm³/mol. The summed E-state index contributed by atoms with van der Waals surface area (Å²) < 4.78 is 13.3. The van der Waals surface area contributed by atoms with Crippen molar-refractivity contribution in [3.05, 3.63) is 53.9 Å². The zero-order valence-corrected chi connectivity index (χ0v) is 15.0. The summed E-state index contributed by atoms with van der Waals surface area (Å²) in [4.78, 5) is 0. The fourth-order valence-electron chi connectivity index (χ4n) is 2.43. The van der Waals surface area contributed by atoms with Gasteiger partial charge in [0.2, 0.25) is 0 Å². The summed E-state index contributed by atoms with van der Waals surface area (Å²) in [5, 5.41) is 0. The van der Waals surface area contributed by atoms with Gasteiger partial charge in [-0.3, -0.25) is 0 Å². The Morgan fingerprint density at radius 2 is 1.67 bits per heavy atom. The third-order valence-corrected chi connectivity index (χ3v) is 3.92. The van der Waals surface area contributed by atoms with Gasteiger partial charge in [-0.1, -0.05) is 44.4 Å². The maximum Gasteiger partial charge on any atom is 0.169 e. The van der Waals surface area contributed by atoms with Gasteiger partial charge in [0.05, 0.1) is 13.7 Å². The van der Waals surface area contributed by atoms with Gasteiger partial charge in [-0.2, -0.15) is 0 Å². The molecule has 128 valence electrons. The van der Waals surface area contributed by atoms with E-state index in [1.807, 2.05) is 36.1 Å². The van der Waals surface area contributed by atoms with Crippen LogP contribution in [-0.4, -0.2) is 13.7 Å². The highest BCUT2D eigenvalue weighted by Gasteiger charge is 2.04. The minimum atomic E-state index is 0.743. The molecule has 1 aromatic carbocycles. The van der Waals surface area contributed by atoms with E-state index in [-0.39, 0.29) is 0 Å². The summed E-state index contributed by atoms with van der Waals surface area (Å²) >= 11 is 0. The molecule has 0 aliphatic carbocycles. The first-order chi connectivity index (χ1) is 11.7. The van der Waals surface area contributed by atoms with E-state index in [2.05, 4.69) is 37.3 Å². The lowest BCUT2D eigenvalue weighted by molar-refractivity contribution is -0.671. The Bertz CT molecular complexity index is 647. The van der Waals surface area contributed by atoms with Crippen LogP contribution in [0.25, 0.3) is 12.2 Å². The van der Waals surface area contributed by atoms with E-state index >= 15 is 0 Å². The Kier molecular flexibility index (Phi) is 7.34. The van der Waals surface area contributed by atoms with Crippen LogP contribution in [0.2, 0.25) is 0 Å². The highest BCUT2D eigenvalue weighted by atomic mass is 16.5. The summed E-state index contributed by atoms with van der Waals surface area (Å²) in [6, 6.07) is 10.2. The maximum absolute atomic E-state index is 5.85. The zero-order chi connectivity index (χ0) is 17.2. The van der Waals surface area contributed by atoms with E-state index in [1.54, 1.807) is 7.11 Å². The van der Waals surface area contributed by atoms with Crippen molar-refractivity contribution < 1.29 is 14.0 Å². The van der Waals surface area contributed by atoms with Gasteiger partial charge >= 0.3 is 0 Å². The minimum Gasteiger partial charge on any atom is -0.493 e. The van der Waals surface area contributed by atoms with Crippen molar-refractivity contribution in [1.82, 2.24) is 0 Å². The van der Waals surface area contributed by atoms with Crippen molar-refractivity contribution in [2.45, 2.75) is 32.6 Å². The van der Waals surface area contributed by atoms with Crippen molar-refractivity contribution in [3.8, 4) is 11.5 Å². The predicted octanol–water partition coefficient (Wildman–Crippen LogP) is 4.65. The van der Waals surface area contributed by atoms with Crippen molar-refractivity contribution >= 4 is 12.2 Å². The van der Waals surface area contributed by atoms with Crippen LogP contribution in [0.4, 0.5) is 0 Å². The molecule has 0 unspecified atom stereocenters. The lowest BCUT2D eigenvalue weighted by atomic mass is 10.1. The van der Waals surface area contributed by atoms with Gasteiger partial charge < -0.3 is 9.47 Å². The zero-order valence-electron chi connectivity index (χ0n) is 15.0. The van der Waals surface area contributed by atoms with Gasteiger partial charge in [0, 0.05) is 12.1 Å². The highest BCUT2D eigenvalue weighted by Crippen LogP contribution is 2.29. The van der Waals surface area contributed by atoms with Gasteiger partial charge in [-0.25, -0.2) is 4.57 Å². The molecule has 24 heavy (non-hydrogen) atoms. The Morgan fingerprint density at radius 3 is 2.38 bits per heavy atom. The molecule has 2 rings (SSSR count). The first-order valence-corrected chi connectivity index (χ1v) is 8.67. The third-order valence-electron chi connectivity index (χ3n) is 3.92. The molecule has 1 aromatic heterocycles. The summed E-state index contributed by atoms with van der Waals surface area (Å²) in [5.74, 6) is 1.60. The molecule has 1 heterocycles. The quantitative estimate of drug-likeness (QED) is 0.494. The number of hydrogen-bond donors (Lipinski definition) is 0. The second-order valence-corrected chi connectivity index (χ2v) is 5.95. The summed E-state index contributed by atoms with van der Waals surface area (Å²) in [6.07, 6.45) is 13.1. The average Bonchev–Trinajstić information content (AvgIpc) is 2.61. The van der Waals surface area contributed by atoms with Crippen molar-refractivity contribution in [1.29, 1.82) is 0 Å². The average molecular weight is 326 g/mol. The van der Waals surface area contributed by atoms with Gasteiger partial charge in [0.1, 0.15) is 7.05 Å². The Hall–Kier alpha value is -2.29. The molecule has 0 bridgehead atoms. The smallest absolute Gasteiger partial charge is 0.169 e. The molecule has 0 spiro atoms. The van der Waals surface area contributed by atoms with Crippen LogP contribution in [0.15, 0.2) is 42.7 Å². The largest absolute Gasteiger partial charge is 0.493 e. The van der Waals surface area contributed by atoms with E-state index in [0.29, 0.717) is 0 Å². The number of ether oxygens (including phenoxy) is 2. The minimum absolute atomic E-state index is 0.743. The highest BCUT2D eigenvalue weighted by molar-refractivity contribution is 5.70. The molecule has 3 heteroatoms.